The molecular weight excluding hydrogens is 386 g/mol. The maximum atomic E-state index is 12.6. The highest BCUT2D eigenvalue weighted by Gasteiger charge is 2.13. The van der Waals surface area contributed by atoms with Crippen LogP contribution in [0.3, 0.4) is 0 Å². The van der Waals surface area contributed by atoms with Crippen LogP contribution in [0.25, 0.3) is 11.1 Å². The fraction of sp³-hybridized carbons (Fsp3) is 0.269. The second-order valence-electron chi connectivity index (χ2n) is 7.49. The largest absolute Gasteiger partial charge is 0.383 e. The van der Waals surface area contributed by atoms with Crippen LogP contribution in [0.1, 0.15) is 49.0 Å². The number of carbonyl (C=O) groups is 2. The molecule has 0 aliphatic rings. The molecule has 1 heterocycles. The molecule has 0 fully saturated rings. The third kappa shape index (κ3) is 5.57. The van der Waals surface area contributed by atoms with Gasteiger partial charge in [0.1, 0.15) is 5.82 Å². The Labute approximate surface area is 183 Å². The van der Waals surface area contributed by atoms with E-state index in [-0.39, 0.29) is 11.7 Å². The first kappa shape index (κ1) is 22.2. The summed E-state index contributed by atoms with van der Waals surface area (Å²) in [5, 5.41) is 0. The van der Waals surface area contributed by atoms with E-state index in [1.165, 1.54) is 0 Å². The molecule has 1 aromatic heterocycles. The third-order valence-corrected chi connectivity index (χ3v) is 5.32. The highest BCUT2D eigenvalue weighted by molar-refractivity contribution is 5.97. The zero-order valence-corrected chi connectivity index (χ0v) is 18.2. The number of ketones is 1. The number of amides is 1. The summed E-state index contributed by atoms with van der Waals surface area (Å²) in [7, 11) is 0. The standard InChI is InChI=1S/C26H29N3O2/c1-3-18-29(25(31)4-2)23-14-11-20(12-15-23)19-7-9-21(10-8-19)24(30)16-13-22-6-5-17-28-26(22)27/h5-12,14-15,17H,3-4,13,16,18H2,1-2H3,(H2,27,28). The molecule has 0 radical (unpaired) electrons. The Morgan fingerprint density at radius 3 is 2.16 bits per heavy atom. The van der Waals surface area contributed by atoms with Gasteiger partial charge in [0.25, 0.3) is 0 Å². The number of pyridine rings is 1. The van der Waals surface area contributed by atoms with Gasteiger partial charge in [-0.1, -0.05) is 56.3 Å². The average Bonchev–Trinajstić information content (AvgIpc) is 2.81. The first-order valence-corrected chi connectivity index (χ1v) is 10.8. The number of anilines is 2. The van der Waals surface area contributed by atoms with Crippen molar-refractivity contribution in [2.45, 2.75) is 39.5 Å². The molecule has 0 aliphatic heterocycles. The van der Waals surface area contributed by atoms with Crippen LogP contribution in [0, 0.1) is 0 Å². The number of hydrogen-bond donors (Lipinski definition) is 1. The van der Waals surface area contributed by atoms with Gasteiger partial charge in [-0.05, 0) is 47.7 Å². The molecule has 31 heavy (non-hydrogen) atoms. The molecule has 0 saturated carbocycles. The van der Waals surface area contributed by atoms with Crippen LogP contribution in [0.2, 0.25) is 0 Å². The van der Waals surface area contributed by atoms with Gasteiger partial charge in [-0.2, -0.15) is 0 Å². The predicted molar refractivity (Wildman–Crippen MR) is 126 cm³/mol. The van der Waals surface area contributed by atoms with Crippen LogP contribution in [0.5, 0.6) is 0 Å². The van der Waals surface area contributed by atoms with Crippen molar-refractivity contribution in [2.24, 2.45) is 0 Å². The lowest BCUT2D eigenvalue weighted by atomic mass is 9.99. The molecular formula is C26H29N3O2. The monoisotopic (exact) mass is 415 g/mol. The number of aryl methyl sites for hydroxylation is 1. The maximum Gasteiger partial charge on any atom is 0.226 e. The first-order valence-electron chi connectivity index (χ1n) is 10.8. The minimum Gasteiger partial charge on any atom is -0.383 e. The number of rotatable bonds is 9. The smallest absolute Gasteiger partial charge is 0.226 e. The maximum absolute atomic E-state index is 12.6. The summed E-state index contributed by atoms with van der Waals surface area (Å²) in [5.41, 5.74) is 10.4. The molecule has 5 nitrogen and oxygen atoms in total. The van der Waals surface area contributed by atoms with E-state index >= 15 is 0 Å². The van der Waals surface area contributed by atoms with Gasteiger partial charge in [0.15, 0.2) is 5.78 Å². The number of Topliss-reactive ketones (excluding diaryl/α,β-unsaturated/α-hetero) is 1. The van der Waals surface area contributed by atoms with E-state index in [1.54, 1.807) is 6.20 Å². The second-order valence-corrected chi connectivity index (χ2v) is 7.49. The summed E-state index contributed by atoms with van der Waals surface area (Å²) in [5.74, 6) is 0.691. The topological polar surface area (TPSA) is 76.3 Å². The fourth-order valence-electron chi connectivity index (χ4n) is 3.55. The lowest BCUT2D eigenvalue weighted by Gasteiger charge is -2.22. The fourth-order valence-corrected chi connectivity index (χ4v) is 3.55. The van der Waals surface area contributed by atoms with Gasteiger partial charge in [0.2, 0.25) is 5.91 Å². The Hall–Kier alpha value is -3.47. The van der Waals surface area contributed by atoms with Gasteiger partial charge >= 0.3 is 0 Å². The molecule has 2 N–H and O–H groups in total. The van der Waals surface area contributed by atoms with Crippen LogP contribution < -0.4 is 10.6 Å². The molecule has 3 aromatic rings. The van der Waals surface area contributed by atoms with E-state index in [9.17, 15) is 9.59 Å². The highest BCUT2D eigenvalue weighted by Crippen LogP contribution is 2.25. The van der Waals surface area contributed by atoms with Crippen LogP contribution in [-0.2, 0) is 11.2 Å². The van der Waals surface area contributed by atoms with Crippen molar-refractivity contribution in [1.29, 1.82) is 0 Å². The molecule has 0 aliphatic carbocycles. The molecule has 0 saturated heterocycles. The molecule has 0 unspecified atom stereocenters. The lowest BCUT2D eigenvalue weighted by Crippen LogP contribution is -2.30. The lowest BCUT2D eigenvalue weighted by molar-refractivity contribution is -0.118. The third-order valence-electron chi connectivity index (χ3n) is 5.32. The van der Waals surface area contributed by atoms with Gasteiger partial charge in [-0.25, -0.2) is 4.98 Å². The van der Waals surface area contributed by atoms with E-state index < -0.39 is 0 Å². The number of hydrogen-bond acceptors (Lipinski definition) is 4. The Morgan fingerprint density at radius 1 is 0.935 bits per heavy atom. The number of nitrogen functional groups attached to an aromatic ring is 1. The zero-order valence-electron chi connectivity index (χ0n) is 18.2. The Kier molecular flexibility index (Phi) is 7.55. The van der Waals surface area contributed by atoms with Crippen molar-refractivity contribution in [2.75, 3.05) is 17.2 Å². The summed E-state index contributed by atoms with van der Waals surface area (Å²) in [6, 6.07) is 19.4. The van der Waals surface area contributed by atoms with Gasteiger partial charge in [0, 0.05) is 36.8 Å². The SMILES string of the molecule is CCCN(C(=O)CC)c1ccc(-c2ccc(C(=O)CCc3cccnc3N)cc2)cc1. The molecule has 0 atom stereocenters. The van der Waals surface area contributed by atoms with Crippen molar-refractivity contribution in [3.63, 3.8) is 0 Å². The first-order chi connectivity index (χ1) is 15.0. The molecule has 0 spiro atoms. The van der Waals surface area contributed by atoms with E-state index in [0.717, 1.165) is 28.8 Å². The summed E-state index contributed by atoms with van der Waals surface area (Å²) in [6.07, 6.45) is 4.02. The minimum atomic E-state index is 0.0819. The highest BCUT2D eigenvalue weighted by atomic mass is 16.2. The van der Waals surface area contributed by atoms with Crippen molar-refractivity contribution in [3.8, 4) is 11.1 Å². The molecule has 2 aromatic carbocycles. The van der Waals surface area contributed by atoms with Gasteiger partial charge in [-0.15, -0.1) is 0 Å². The summed E-state index contributed by atoms with van der Waals surface area (Å²) < 4.78 is 0. The second kappa shape index (κ2) is 10.5. The Balaban J connectivity index is 1.67. The molecule has 5 heteroatoms. The number of nitrogens with zero attached hydrogens (tertiary/aromatic N) is 2. The molecule has 3 rings (SSSR count). The van der Waals surface area contributed by atoms with E-state index in [4.69, 9.17) is 5.73 Å². The van der Waals surface area contributed by atoms with Crippen molar-refractivity contribution < 1.29 is 9.59 Å². The molecule has 160 valence electrons. The van der Waals surface area contributed by atoms with Crippen LogP contribution in [-0.4, -0.2) is 23.2 Å². The van der Waals surface area contributed by atoms with Crippen molar-refractivity contribution >= 4 is 23.2 Å². The van der Waals surface area contributed by atoms with E-state index in [1.807, 2.05) is 72.5 Å². The predicted octanol–water partition coefficient (Wildman–Crippen LogP) is 5.30. The number of benzene rings is 2. The number of carbonyl (C=O) groups excluding carboxylic acids is 2. The van der Waals surface area contributed by atoms with Gasteiger partial charge < -0.3 is 10.6 Å². The van der Waals surface area contributed by atoms with Crippen LogP contribution >= 0.6 is 0 Å². The average molecular weight is 416 g/mol. The molecule has 0 bridgehead atoms. The van der Waals surface area contributed by atoms with E-state index in [2.05, 4.69) is 11.9 Å². The Morgan fingerprint density at radius 2 is 1.58 bits per heavy atom. The molecule has 1 amide bonds. The van der Waals surface area contributed by atoms with E-state index in [0.29, 0.717) is 37.2 Å². The quantitative estimate of drug-likeness (QED) is 0.481. The summed E-state index contributed by atoms with van der Waals surface area (Å²) in [4.78, 5) is 30.7. The number of aromatic nitrogens is 1. The normalized spacial score (nSPS) is 10.6. The summed E-state index contributed by atoms with van der Waals surface area (Å²) >= 11 is 0. The van der Waals surface area contributed by atoms with Crippen molar-refractivity contribution in [3.05, 3.63) is 78.0 Å². The minimum absolute atomic E-state index is 0.0819. The van der Waals surface area contributed by atoms with Crippen LogP contribution in [0.4, 0.5) is 11.5 Å². The Bertz CT molecular complexity index is 1030. The number of nitrogens with two attached hydrogens (primary N) is 1. The van der Waals surface area contributed by atoms with Gasteiger partial charge in [-0.3, -0.25) is 9.59 Å². The van der Waals surface area contributed by atoms with Crippen molar-refractivity contribution in [1.82, 2.24) is 4.98 Å². The summed E-state index contributed by atoms with van der Waals surface area (Å²) in [6.45, 7) is 4.67. The zero-order chi connectivity index (χ0) is 22.2. The van der Waals surface area contributed by atoms with Gasteiger partial charge in [0.05, 0.1) is 0 Å². The van der Waals surface area contributed by atoms with Crippen LogP contribution in [0.15, 0.2) is 66.9 Å².